The van der Waals surface area contributed by atoms with E-state index in [1.54, 1.807) is 7.11 Å². The van der Waals surface area contributed by atoms with Crippen molar-refractivity contribution in [3.05, 3.63) is 73.3 Å². The fraction of sp³-hybridized carbons (Fsp3) is 0.314. The van der Waals surface area contributed by atoms with Crippen LogP contribution in [0.25, 0.3) is 33.3 Å². The fourth-order valence-electron chi connectivity index (χ4n) is 6.00. The maximum atomic E-state index is 12.5. The van der Waals surface area contributed by atoms with Crippen LogP contribution in [0, 0.1) is 0 Å². The Balaban J connectivity index is 1.46. The third-order valence-electron chi connectivity index (χ3n) is 8.44. The summed E-state index contributed by atoms with van der Waals surface area (Å²) in [6.07, 6.45) is 11.4. The summed E-state index contributed by atoms with van der Waals surface area (Å²) < 4.78 is 10.1. The molecule has 2 aromatic carbocycles. The monoisotopic (exact) mass is 619 g/mol. The summed E-state index contributed by atoms with van der Waals surface area (Å²) >= 11 is 0. The minimum atomic E-state index is -0.304. The van der Waals surface area contributed by atoms with Gasteiger partial charge in [-0.1, -0.05) is 24.8 Å². The third kappa shape index (κ3) is 6.05. The summed E-state index contributed by atoms with van der Waals surface area (Å²) in [6.45, 7) is 9.02. The van der Waals surface area contributed by atoms with E-state index in [0.717, 1.165) is 67.1 Å². The first-order valence-corrected chi connectivity index (χ1v) is 15.6. The first-order valence-electron chi connectivity index (χ1n) is 15.6. The van der Waals surface area contributed by atoms with Crippen molar-refractivity contribution in [2.75, 3.05) is 56.9 Å². The molecule has 0 saturated carbocycles. The number of likely N-dealkylation sites (N-methyl/N-ethyl adjacent to an activating group) is 2. The normalized spacial score (nSPS) is 12.4. The largest absolute Gasteiger partial charge is 0.494 e. The van der Waals surface area contributed by atoms with E-state index in [0.29, 0.717) is 23.1 Å². The highest BCUT2D eigenvalue weighted by Gasteiger charge is 2.22. The second-order valence-electron chi connectivity index (χ2n) is 11.8. The van der Waals surface area contributed by atoms with Crippen molar-refractivity contribution < 1.29 is 9.53 Å². The maximum absolute atomic E-state index is 12.5. The van der Waals surface area contributed by atoms with Crippen molar-refractivity contribution in [1.82, 2.24) is 29.2 Å². The minimum Gasteiger partial charge on any atom is -0.494 e. The van der Waals surface area contributed by atoms with Crippen LogP contribution in [-0.2, 0) is 24.3 Å². The molecule has 0 bridgehead atoms. The van der Waals surface area contributed by atoms with E-state index in [-0.39, 0.29) is 5.91 Å². The van der Waals surface area contributed by atoms with Crippen LogP contribution in [0.4, 0.5) is 23.0 Å². The molecule has 0 atom stereocenters. The molecule has 238 valence electrons. The Morgan fingerprint density at radius 3 is 2.70 bits per heavy atom. The Morgan fingerprint density at radius 1 is 1.11 bits per heavy atom. The number of aryl methyl sites for hydroxylation is 3. The Morgan fingerprint density at radius 2 is 1.96 bits per heavy atom. The molecule has 0 unspecified atom stereocenters. The number of anilines is 4. The highest BCUT2D eigenvalue weighted by atomic mass is 16.5. The molecular formula is C35H41N9O2. The molecule has 0 spiro atoms. The molecular weight excluding hydrogens is 578 g/mol. The van der Waals surface area contributed by atoms with Crippen LogP contribution in [0.15, 0.2) is 67.8 Å². The van der Waals surface area contributed by atoms with Gasteiger partial charge in [-0.05, 0) is 51.6 Å². The molecule has 6 rings (SSSR count). The Hall–Kier alpha value is -5.16. The number of amides is 1. The lowest BCUT2D eigenvalue weighted by atomic mass is 9.99. The molecule has 4 heterocycles. The number of benzene rings is 2. The van der Waals surface area contributed by atoms with Crippen LogP contribution >= 0.6 is 0 Å². The zero-order valence-electron chi connectivity index (χ0n) is 27.2. The van der Waals surface area contributed by atoms with Crippen LogP contribution in [0.1, 0.15) is 18.9 Å². The van der Waals surface area contributed by atoms with Gasteiger partial charge in [-0.25, -0.2) is 9.97 Å². The molecule has 1 aliphatic heterocycles. The molecule has 1 aliphatic rings. The molecule has 0 saturated heterocycles. The van der Waals surface area contributed by atoms with Crippen molar-refractivity contribution in [3.8, 4) is 28.1 Å². The van der Waals surface area contributed by atoms with E-state index in [9.17, 15) is 4.79 Å². The van der Waals surface area contributed by atoms with Gasteiger partial charge in [-0.3, -0.25) is 9.48 Å². The number of methoxy groups -OCH3 is 1. The number of hydrogen-bond acceptors (Lipinski definition) is 8. The molecule has 1 amide bonds. The zero-order chi connectivity index (χ0) is 32.4. The van der Waals surface area contributed by atoms with Crippen molar-refractivity contribution in [2.45, 2.75) is 32.9 Å². The third-order valence-corrected chi connectivity index (χ3v) is 8.44. The summed E-state index contributed by atoms with van der Waals surface area (Å²) in [5.41, 5.74) is 8.40. The second kappa shape index (κ2) is 13.1. The standard InChI is InChI=1S/C35H41N9O2/c1-7-32(45)38-28-17-29(31(46-6)18-30(28)42(5)16-15-41(3)4)39-35-36-20-26(24-19-37-44(8-2)21-24)33(40-35)27-22-43-14-10-12-23-11-9-13-25(27)34(23)43/h7,9,11,13,17-22H,1,8,10,12,14-16H2,2-6H3,(H,38,45)(H,36,39,40). The number of nitrogens with one attached hydrogen (secondary N) is 2. The molecule has 5 aromatic rings. The van der Waals surface area contributed by atoms with Gasteiger partial charge in [0.15, 0.2) is 0 Å². The molecule has 0 radical (unpaired) electrons. The number of hydrogen-bond donors (Lipinski definition) is 2. The smallest absolute Gasteiger partial charge is 0.247 e. The van der Waals surface area contributed by atoms with Gasteiger partial charge in [0, 0.05) is 80.0 Å². The van der Waals surface area contributed by atoms with Gasteiger partial charge in [-0.2, -0.15) is 5.10 Å². The van der Waals surface area contributed by atoms with Gasteiger partial charge in [0.1, 0.15) is 5.75 Å². The molecule has 2 N–H and O–H groups in total. The van der Waals surface area contributed by atoms with Gasteiger partial charge in [0.25, 0.3) is 0 Å². The molecule has 11 heteroatoms. The van der Waals surface area contributed by atoms with E-state index in [4.69, 9.17) is 14.7 Å². The van der Waals surface area contributed by atoms with E-state index in [1.807, 2.05) is 56.5 Å². The second-order valence-corrected chi connectivity index (χ2v) is 11.8. The van der Waals surface area contributed by atoms with Crippen molar-refractivity contribution in [3.63, 3.8) is 0 Å². The minimum absolute atomic E-state index is 0.304. The average molecular weight is 620 g/mol. The van der Waals surface area contributed by atoms with Gasteiger partial charge in [0.2, 0.25) is 11.9 Å². The Kier molecular flexibility index (Phi) is 8.76. The predicted octanol–water partition coefficient (Wildman–Crippen LogP) is 5.80. The lowest BCUT2D eigenvalue weighted by Gasteiger charge is -2.26. The quantitative estimate of drug-likeness (QED) is 0.169. The first-order chi connectivity index (χ1) is 22.3. The lowest BCUT2D eigenvalue weighted by Crippen LogP contribution is -2.29. The molecule has 0 aliphatic carbocycles. The van der Waals surface area contributed by atoms with E-state index in [2.05, 4.69) is 68.0 Å². The van der Waals surface area contributed by atoms with Crippen LogP contribution < -0.4 is 20.3 Å². The number of carbonyl (C=O) groups excluding carboxylic acids is 1. The summed E-state index contributed by atoms with van der Waals surface area (Å²) in [4.78, 5) is 26.6. The van der Waals surface area contributed by atoms with E-state index >= 15 is 0 Å². The van der Waals surface area contributed by atoms with Crippen molar-refractivity contribution >= 4 is 39.8 Å². The van der Waals surface area contributed by atoms with Gasteiger partial charge < -0.3 is 29.7 Å². The van der Waals surface area contributed by atoms with Crippen LogP contribution in [0.5, 0.6) is 5.75 Å². The topological polar surface area (TPSA) is 105 Å². The zero-order valence-corrected chi connectivity index (χ0v) is 27.2. The van der Waals surface area contributed by atoms with Gasteiger partial charge in [-0.15, -0.1) is 0 Å². The summed E-state index contributed by atoms with van der Waals surface area (Å²) in [7, 11) is 7.67. The number of para-hydroxylation sites is 1. The number of aromatic nitrogens is 5. The summed E-state index contributed by atoms with van der Waals surface area (Å²) in [6, 6.07) is 10.3. The van der Waals surface area contributed by atoms with Crippen molar-refractivity contribution in [1.29, 1.82) is 0 Å². The predicted molar refractivity (Wildman–Crippen MR) is 185 cm³/mol. The molecule has 0 fully saturated rings. The van der Waals surface area contributed by atoms with Gasteiger partial charge >= 0.3 is 0 Å². The number of nitrogens with zero attached hydrogens (tertiary/aromatic N) is 7. The number of rotatable bonds is 12. The Bertz CT molecular complexity index is 1910. The molecule has 3 aromatic heterocycles. The fourth-order valence-corrected chi connectivity index (χ4v) is 6.00. The average Bonchev–Trinajstić information content (AvgIpc) is 3.70. The highest BCUT2D eigenvalue weighted by molar-refractivity contribution is 6.02. The number of ether oxygens (including phenoxy) is 1. The first kappa shape index (κ1) is 30.8. The lowest BCUT2D eigenvalue weighted by molar-refractivity contribution is -0.111. The van der Waals surface area contributed by atoms with Crippen molar-refractivity contribution in [2.24, 2.45) is 0 Å². The maximum Gasteiger partial charge on any atom is 0.247 e. The highest BCUT2D eigenvalue weighted by Crippen LogP contribution is 2.41. The van der Waals surface area contributed by atoms with E-state index in [1.165, 1.54) is 22.5 Å². The summed E-state index contributed by atoms with van der Waals surface area (Å²) in [5.74, 6) is 0.692. The van der Waals surface area contributed by atoms with Crippen LogP contribution in [-0.4, -0.2) is 76.5 Å². The number of carbonyl (C=O) groups is 1. The molecule has 11 nitrogen and oxygen atoms in total. The van der Waals surface area contributed by atoms with Crippen LogP contribution in [0.3, 0.4) is 0 Å². The van der Waals surface area contributed by atoms with E-state index < -0.39 is 0 Å². The summed E-state index contributed by atoms with van der Waals surface area (Å²) in [5, 5.41) is 12.0. The SMILES string of the molecule is C=CC(=O)Nc1cc(Nc2ncc(-c3cnn(CC)c3)c(-c3cn4c5c(cccc35)CCC4)n2)c(OC)cc1N(C)CCN(C)C. The molecule has 46 heavy (non-hydrogen) atoms. The van der Waals surface area contributed by atoms with Crippen LogP contribution in [0.2, 0.25) is 0 Å². The van der Waals surface area contributed by atoms with Gasteiger partial charge in [0.05, 0.1) is 41.6 Å². The Labute approximate surface area is 269 Å².